The fourth-order valence-corrected chi connectivity index (χ4v) is 2.00. The van der Waals surface area contributed by atoms with Crippen LogP contribution in [0.25, 0.3) is 0 Å². The molecule has 0 aliphatic carbocycles. The van der Waals surface area contributed by atoms with Crippen molar-refractivity contribution in [2.24, 2.45) is 0 Å². The van der Waals surface area contributed by atoms with Crippen LogP contribution in [0.3, 0.4) is 0 Å². The zero-order valence-electron chi connectivity index (χ0n) is 9.40. The molecule has 16 heavy (non-hydrogen) atoms. The van der Waals surface area contributed by atoms with Gasteiger partial charge in [-0.2, -0.15) is 4.98 Å². The van der Waals surface area contributed by atoms with Gasteiger partial charge in [-0.1, -0.05) is 11.6 Å². The number of anilines is 2. The Balaban J connectivity index is 2.26. The molecule has 1 saturated heterocycles. The number of morpholine rings is 1. The lowest BCUT2D eigenvalue weighted by molar-refractivity contribution is -0.0279. The van der Waals surface area contributed by atoms with Gasteiger partial charge < -0.3 is 15.4 Å². The number of hydrogen-bond acceptors (Lipinski definition) is 5. The van der Waals surface area contributed by atoms with E-state index in [0.29, 0.717) is 17.4 Å². The molecule has 1 aliphatic heterocycles. The topological polar surface area (TPSA) is 64.3 Å². The van der Waals surface area contributed by atoms with Gasteiger partial charge in [-0.3, -0.25) is 0 Å². The van der Waals surface area contributed by atoms with Gasteiger partial charge in [0.15, 0.2) is 5.82 Å². The van der Waals surface area contributed by atoms with Crippen molar-refractivity contribution in [1.82, 2.24) is 9.97 Å². The van der Waals surface area contributed by atoms with E-state index in [1.807, 2.05) is 13.8 Å². The molecule has 0 unspecified atom stereocenters. The predicted octanol–water partition coefficient (Wildman–Crippen LogP) is 1.33. The van der Waals surface area contributed by atoms with Crippen LogP contribution in [0.2, 0.25) is 5.02 Å². The highest BCUT2D eigenvalue weighted by atomic mass is 35.5. The largest absolute Gasteiger partial charge is 0.372 e. The maximum atomic E-state index is 6.06. The Bertz CT molecular complexity index is 396. The third-order valence-electron chi connectivity index (χ3n) is 2.47. The van der Waals surface area contributed by atoms with Crippen LogP contribution in [0.5, 0.6) is 0 Å². The minimum Gasteiger partial charge on any atom is -0.372 e. The number of nitrogen functional groups attached to an aromatic ring is 1. The molecule has 0 spiro atoms. The number of ether oxygens (including phenoxy) is 1. The number of aromatic nitrogens is 2. The maximum Gasteiger partial charge on any atom is 0.222 e. The number of halogens is 1. The summed E-state index contributed by atoms with van der Waals surface area (Å²) < 4.78 is 5.63. The van der Waals surface area contributed by atoms with Crippen LogP contribution in [0.1, 0.15) is 13.8 Å². The first-order valence-electron chi connectivity index (χ1n) is 5.15. The highest BCUT2D eigenvalue weighted by Gasteiger charge is 2.29. The van der Waals surface area contributed by atoms with Crippen LogP contribution >= 0.6 is 11.6 Å². The molecular weight excluding hydrogens is 228 g/mol. The Morgan fingerprint density at radius 1 is 1.56 bits per heavy atom. The van der Waals surface area contributed by atoms with E-state index in [1.54, 1.807) is 0 Å². The SMILES string of the molecule is CC1(C)CN(c2nc(N)ncc2Cl)CCO1. The molecule has 0 amide bonds. The fraction of sp³-hybridized carbons (Fsp3) is 0.600. The minimum absolute atomic E-state index is 0.193. The van der Waals surface area contributed by atoms with E-state index in [9.17, 15) is 0 Å². The molecule has 0 aromatic carbocycles. The highest BCUT2D eigenvalue weighted by Crippen LogP contribution is 2.27. The van der Waals surface area contributed by atoms with Crippen LogP contribution in [0, 0.1) is 0 Å². The van der Waals surface area contributed by atoms with Crippen LogP contribution in [-0.2, 0) is 4.74 Å². The van der Waals surface area contributed by atoms with E-state index in [-0.39, 0.29) is 11.5 Å². The first-order chi connectivity index (χ1) is 7.48. The van der Waals surface area contributed by atoms with Crippen molar-refractivity contribution in [2.45, 2.75) is 19.4 Å². The average Bonchev–Trinajstić information content (AvgIpc) is 2.20. The van der Waals surface area contributed by atoms with Crippen molar-refractivity contribution in [1.29, 1.82) is 0 Å². The van der Waals surface area contributed by atoms with Gasteiger partial charge in [-0.05, 0) is 13.8 Å². The van der Waals surface area contributed by atoms with E-state index < -0.39 is 0 Å². The summed E-state index contributed by atoms with van der Waals surface area (Å²) in [5, 5.41) is 0.520. The van der Waals surface area contributed by atoms with Crippen molar-refractivity contribution in [2.75, 3.05) is 30.3 Å². The Kier molecular flexibility index (Phi) is 2.90. The molecule has 0 saturated carbocycles. The summed E-state index contributed by atoms with van der Waals surface area (Å²) in [5.41, 5.74) is 5.37. The lowest BCUT2D eigenvalue weighted by Gasteiger charge is -2.38. The van der Waals surface area contributed by atoms with Gasteiger partial charge in [0.1, 0.15) is 5.02 Å². The molecule has 6 heteroatoms. The summed E-state index contributed by atoms with van der Waals surface area (Å²) in [4.78, 5) is 10.1. The Hall–Kier alpha value is -1.07. The number of nitrogens with two attached hydrogens (primary N) is 1. The highest BCUT2D eigenvalue weighted by molar-refractivity contribution is 6.32. The Morgan fingerprint density at radius 2 is 2.31 bits per heavy atom. The first kappa shape index (κ1) is 11.4. The van der Waals surface area contributed by atoms with Gasteiger partial charge >= 0.3 is 0 Å². The molecule has 1 fully saturated rings. The number of rotatable bonds is 1. The van der Waals surface area contributed by atoms with E-state index >= 15 is 0 Å². The molecule has 88 valence electrons. The predicted molar refractivity (Wildman–Crippen MR) is 63.7 cm³/mol. The smallest absolute Gasteiger partial charge is 0.222 e. The zero-order valence-corrected chi connectivity index (χ0v) is 10.2. The summed E-state index contributed by atoms with van der Waals surface area (Å²) >= 11 is 6.06. The van der Waals surface area contributed by atoms with E-state index in [2.05, 4.69) is 14.9 Å². The number of nitrogens with zero attached hydrogens (tertiary/aromatic N) is 3. The van der Waals surface area contributed by atoms with Gasteiger partial charge in [-0.15, -0.1) is 0 Å². The van der Waals surface area contributed by atoms with E-state index in [4.69, 9.17) is 22.1 Å². The summed E-state index contributed by atoms with van der Waals surface area (Å²) in [6, 6.07) is 0. The molecule has 2 N–H and O–H groups in total. The molecule has 2 heterocycles. The molecule has 2 rings (SSSR count). The maximum absolute atomic E-state index is 6.06. The lowest BCUT2D eigenvalue weighted by atomic mass is 10.1. The fourth-order valence-electron chi connectivity index (χ4n) is 1.79. The molecule has 0 bridgehead atoms. The summed E-state index contributed by atoms with van der Waals surface area (Å²) in [7, 11) is 0. The molecule has 0 radical (unpaired) electrons. The number of hydrogen-bond donors (Lipinski definition) is 1. The Morgan fingerprint density at radius 3 is 3.00 bits per heavy atom. The summed E-state index contributed by atoms with van der Waals surface area (Å²) in [5.74, 6) is 0.925. The summed E-state index contributed by atoms with van der Waals surface area (Å²) in [6.07, 6.45) is 1.53. The van der Waals surface area contributed by atoms with E-state index in [1.165, 1.54) is 6.20 Å². The molecule has 5 nitrogen and oxygen atoms in total. The standard InChI is InChI=1S/C10H15ClN4O/c1-10(2)6-15(3-4-16-10)8-7(11)5-13-9(12)14-8/h5H,3-4,6H2,1-2H3,(H2,12,13,14). The third-order valence-corrected chi connectivity index (χ3v) is 2.74. The summed E-state index contributed by atoms with van der Waals surface area (Å²) in [6.45, 7) is 6.24. The molecule has 1 aromatic heterocycles. The minimum atomic E-state index is -0.193. The van der Waals surface area contributed by atoms with Crippen LogP contribution in [0.15, 0.2) is 6.20 Å². The molecule has 1 aromatic rings. The molecule has 1 aliphatic rings. The third kappa shape index (κ3) is 2.36. The lowest BCUT2D eigenvalue weighted by Crippen LogP contribution is -2.48. The normalized spacial score (nSPS) is 19.8. The van der Waals surface area contributed by atoms with Crippen LogP contribution in [0.4, 0.5) is 11.8 Å². The average molecular weight is 243 g/mol. The zero-order chi connectivity index (χ0) is 11.8. The van der Waals surface area contributed by atoms with Crippen molar-refractivity contribution in [3.8, 4) is 0 Å². The van der Waals surface area contributed by atoms with Crippen molar-refractivity contribution in [3.05, 3.63) is 11.2 Å². The van der Waals surface area contributed by atoms with E-state index in [0.717, 1.165) is 13.1 Å². The van der Waals surface area contributed by atoms with Gasteiger partial charge in [-0.25, -0.2) is 4.98 Å². The molecular formula is C10H15ClN4O. The van der Waals surface area contributed by atoms with Crippen molar-refractivity contribution in [3.63, 3.8) is 0 Å². The first-order valence-corrected chi connectivity index (χ1v) is 5.53. The monoisotopic (exact) mass is 242 g/mol. The van der Waals surface area contributed by atoms with Gasteiger partial charge in [0.25, 0.3) is 0 Å². The second-order valence-corrected chi connectivity index (χ2v) is 4.84. The van der Waals surface area contributed by atoms with Gasteiger partial charge in [0.05, 0.1) is 18.4 Å². The second kappa shape index (κ2) is 4.07. The van der Waals surface area contributed by atoms with Crippen molar-refractivity contribution >= 4 is 23.4 Å². The van der Waals surface area contributed by atoms with Crippen molar-refractivity contribution < 1.29 is 4.74 Å². The van der Waals surface area contributed by atoms with Gasteiger partial charge in [0.2, 0.25) is 5.95 Å². The molecule has 0 atom stereocenters. The van der Waals surface area contributed by atoms with Gasteiger partial charge in [0, 0.05) is 13.1 Å². The quantitative estimate of drug-likeness (QED) is 0.805. The van der Waals surface area contributed by atoms with Crippen LogP contribution in [-0.4, -0.2) is 35.3 Å². The van der Waals surface area contributed by atoms with Crippen LogP contribution < -0.4 is 10.6 Å². The second-order valence-electron chi connectivity index (χ2n) is 4.43. The Labute approximate surface area is 99.6 Å².